The van der Waals surface area contributed by atoms with Crippen LogP contribution in [0, 0.1) is 40.4 Å². The molecule has 24 rings (SSSR count). The van der Waals surface area contributed by atoms with Crippen LogP contribution in [0.1, 0.15) is 104 Å². The van der Waals surface area contributed by atoms with E-state index >= 15 is 0 Å². The molecule has 0 aliphatic carbocycles. The van der Waals surface area contributed by atoms with Crippen LogP contribution in [0.15, 0.2) is 172 Å². The molecule has 748 valence electrons. The van der Waals surface area contributed by atoms with Crippen molar-refractivity contribution in [3.05, 3.63) is 258 Å². The number of rotatable bonds is 21. The van der Waals surface area contributed by atoms with E-state index in [0.717, 1.165) is 17.0 Å². The zero-order valence-electron chi connectivity index (χ0n) is 80.7. The maximum absolute atomic E-state index is 14.3. The molecule has 5 amide bonds. The van der Waals surface area contributed by atoms with Gasteiger partial charge in [0.1, 0.15) is 83.1 Å². The van der Waals surface area contributed by atoms with Gasteiger partial charge in [-0.15, -0.1) is 40.8 Å². The molecule has 149 heavy (non-hydrogen) atoms. The summed E-state index contributed by atoms with van der Waals surface area (Å²) in [4.78, 5) is 175. The minimum atomic E-state index is -0.710. The summed E-state index contributed by atoms with van der Waals surface area (Å²) in [7, 11) is 5.89. The number of nitrogens with one attached hydrogen (secondary N) is 4. The number of carbonyl (C=O) groups is 9. The number of ether oxygens (including phenoxy) is 4. The highest BCUT2D eigenvalue weighted by Gasteiger charge is 2.39. The first-order valence-corrected chi connectivity index (χ1v) is 46.2. The Labute approximate surface area is 838 Å². The van der Waals surface area contributed by atoms with E-state index < -0.39 is 58.5 Å². The number of aromatic nitrogens is 33. The van der Waals surface area contributed by atoms with E-state index in [2.05, 4.69) is 126 Å². The summed E-state index contributed by atoms with van der Waals surface area (Å²) in [6, 6.07) is 26.7. The fourth-order valence-electron chi connectivity index (χ4n) is 18.2. The number of hydrogen-bond acceptors (Lipinski definition) is 34. The summed E-state index contributed by atoms with van der Waals surface area (Å²) >= 11 is 0. The van der Waals surface area contributed by atoms with Crippen molar-refractivity contribution in [2.24, 2.45) is 5.73 Å². The number of methoxy groups -OCH3 is 4. The van der Waals surface area contributed by atoms with Crippen LogP contribution in [0.25, 0.3) is 113 Å². The molecule has 0 atom stereocenters. The predicted molar refractivity (Wildman–Crippen MR) is 521 cm³/mol. The van der Waals surface area contributed by atoms with Crippen LogP contribution in [0.2, 0.25) is 0 Å². The Morgan fingerprint density at radius 1 is 0.322 bits per heavy atom. The zero-order chi connectivity index (χ0) is 103. The summed E-state index contributed by atoms with van der Waals surface area (Å²) in [5, 5.41) is 52.8. The molecule has 0 fully saturated rings. The second kappa shape index (κ2) is 39.3. The van der Waals surface area contributed by atoms with Crippen LogP contribution in [-0.4, -0.2) is 290 Å². The van der Waals surface area contributed by atoms with Gasteiger partial charge in [0, 0.05) is 94.5 Å². The number of benzene rings is 3. The van der Waals surface area contributed by atoms with Gasteiger partial charge in [-0.3, -0.25) is 48.1 Å². The second-order valence-corrected chi connectivity index (χ2v) is 34.4. The Hall–Kier alpha value is -20.1. The lowest BCUT2D eigenvalue weighted by atomic mass is 10.1. The van der Waals surface area contributed by atoms with E-state index in [1.807, 2.05) is 63.1 Å². The number of H-pyrrole nitrogens is 4. The van der Waals surface area contributed by atoms with Crippen molar-refractivity contribution in [3.8, 4) is 92.0 Å². The number of nitrogens with zero attached hydrogens (tertiary/aromatic N) is 33. The number of pyridine rings is 5. The van der Waals surface area contributed by atoms with Crippen molar-refractivity contribution in [3.63, 3.8) is 0 Å². The number of amides is 5. The highest BCUT2D eigenvalue weighted by atomic mass is 19.1. The van der Waals surface area contributed by atoms with E-state index in [-0.39, 0.29) is 61.5 Å². The summed E-state index contributed by atoms with van der Waals surface area (Å²) in [6.07, 6.45) is 19.6. The number of Topliss-reactive ketones (excluding diaryl/α,β-unsaturated/α-hetero) is 4. The van der Waals surface area contributed by atoms with Gasteiger partial charge in [0.15, 0.2) is 69.9 Å². The second-order valence-electron chi connectivity index (χ2n) is 34.4. The number of fused-ring (bicyclic) bond motifs is 8. The lowest BCUT2D eigenvalue weighted by molar-refractivity contribution is -0.128. The molecule has 3 aromatic carbocycles. The topological polar surface area (TPSA) is 603 Å². The van der Waals surface area contributed by atoms with Crippen molar-refractivity contribution in [2.45, 2.75) is 87.0 Å². The third-order valence-electron chi connectivity index (χ3n) is 25.5. The van der Waals surface area contributed by atoms with Crippen molar-refractivity contribution in [2.75, 3.05) is 54.6 Å². The minimum absolute atomic E-state index is 0.0660. The van der Waals surface area contributed by atoms with Crippen LogP contribution in [-0.2, 0) is 71.5 Å². The van der Waals surface area contributed by atoms with Crippen LogP contribution in [0.4, 0.5) is 4.39 Å². The van der Waals surface area contributed by atoms with Crippen LogP contribution < -0.4 is 24.7 Å². The number of nitrogens with two attached hydrogens (primary N) is 1. The number of carbonyl (C=O) groups excluding carboxylic acids is 9. The van der Waals surface area contributed by atoms with Gasteiger partial charge in [0.05, 0.1) is 156 Å². The number of primary amides is 1. The maximum atomic E-state index is 14.3. The average molecular weight is 2010 g/mol. The third-order valence-corrected chi connectivity index (χ3v) is 25.5. The summed E-state index contributed by atoms with van der Waals surface area (Å²) in [5.74, 6) is 3.43. The Morgan fingerprint density at radius 2 is 0.617 bits per heavy atom. The molecule has 51 nitrogen and oxygen atoms in total. The fourth-order valence-corrected chi connectivity index (χ4v) is 18.2. The zero-order valence-corrected chi connectivity index (χ0v) is 80.7. The third kappa shape index (κ3) is 17.4. The van der Waals surface area contributed by atoms with Gasteiger partial charge in [0.2, 0.25) is 5.91 Å². The largest absolute Gasteiger partial charge is 0.494 e. The Morgan fingerprint density at radius 3 is 0.926 bits per heavy atom. The standard InChI is InChI=1S/C25H22N10O4.C25H23N9O3.C24H20FN9O3.C23H20N10O3/c1-13-29-12-35(32-13)24-20-19(17(39-2)10-28-24)16(9-27-20)21(36)25(38)33-7-8-34-18(11-33)30-31-23(34)15-6-4-3-5-14(15)22(26)37;1-14-6-4-5-7-16(14)23-30-29-19-12-32(8-9-33(19)23)25(36)22(35)17-10-26-21-20(17)18(37-3)11-27-24(21)34-13-28-15(2)31-34;1-13-28-12-34(31-13)23-20-19(17(37-2)10-27-23)15(9-26-20)21(35)24(36)32-7-8-33-18(11-32)29-30-22(33)14-5-3-4-6-16(14)25;1-13-27-12-33(30-13)22-19-18(16(36-2)10-26-22)14(9-25-19)20(34)23(35)31-7-8-32-17(11-31)28-29-21(32)15-5-3-4-6-24-15/h3-6,9-10,12,27H,7-8,11H2,1-2H3,(H2,26,37);4-7,10-11,13,26H,8-9,12H2,1-3H3;3-6,9-10,12,26H,7-8,11H2,1-2H3;3-6,9-10,12,25H,7-8,11H2,1-2H3. The molecule has 20 aromatic rings. The normalized spacial score (nSPS) is 13.1. The van der Waals surface area contributed by atoms with Crippen molar-refractivity contribution in [1.82, 2.24) is 183 Å². The van der Waals surface area contributed by atoms with Crippen LogP contribution in [0.3, 0.4) is 0 Å². The molecule has 0 saturated heterocycles. The van der Waals surface area contributed by atoms with Gasteiger partial charge in [-0.05, 0) is 70.5 Å². The van der Waals surface area contributed by atoms with Gasteiger partial charge in [-0.1, -0.05) is 60.7 Å². The number of ketones is 4. The number of halogens is 1. The summed E-state index contributed by atoms with van der Waals surface area (Å²) in [5.41, 5.74) is 12.2. The molecular formula is C97H85FN38O13. The number of aryl methyl sites for hydroxylation is 5. The quantitative estimate of drug-likeness (QED) is 0.0368. The molecule has 4 aliphatic rings. The molecule has 0 saturated carbocycles. The van der Waals surface area contributed by atoms with Crippen molar-refractivity contribution < 1.29 is 66.5 Å². The molecular weight excluding hydrogens is 1920 g/mol. The highest BCUT2D eigenvalue weighted by molar-refractivity contribution is 6.47. The molecule has 0 spiro atoms. The summed E-state index contributed by atoms with van der Waals surface area (Å²) in [6.45, 7) is 12.3. The van der Waals surface area contributed by atoms with E-state index in [4.69, 9.17) is 24.7 Å². The molecule has 52 heteroatoms. The van der Waals surface area contributed by atoms with Gasteiger partial charge >= 0.3 is 0 Å². The van der Waals surface area contributed by atoms with Gasteiger partial charge < -0.3 is 82.5 Å². The SMILES string of the molecule is COc1cnc(-n2cnc(C)n2)c2[nH]cc(C(=O)C(=O)N3CCn4c(nnc4-c4ccccc4C(N)=O)C3)c12.COc1cnc(-n2cnc(C)n2)c2[nH]cc(C(=O)C(=O)N3CCn4c(nnc4-c4ccccc4C)C3)c12.COc1cnc(-n2cnc(C)n2)c2[nH]cc(C(=O)C(=O)N3CCn4c(nnc4-c4ccccc4F)C3)c12.COc1cnc(-n2cnc(C)n2)c2[nH]cc(C(=O)C(=O)N3CCn4c(nnc4-c4ccccn4)C3)c12. The smallest absolute Gasteiger partial charge is 0.295 e. The highest BCUT2D eigenvalue weighted by Crippen LogP contribution is 2.40. The van der Waals surface area contributed by atoms with Crippen molar-refractivity contribution in [1.29, 1.82) is 0 Å². The van der Waals surface area contributed by atoms with Gasteiger partial charge in [-0.2, -0.15) is 20.4 Å². The van der Waals surface area contributed by atoms with Crippen LogP contribution in [0.5, 0.6) is 23.0 Å². The van der Waals surface area contributed by atoms with Gasteiger partial charge in [0.25, 0.3) is 46.8 Å². The van der Waals surface area contributed by atoms with Gasteiger partial charge in [-0.25, -0.2) is 63.0 Å². The molecule has 0 bridgehead atoms. The Balaban J connectivity index is 0.000000116. The fraction of sp³-hybridized carbons (Fsp3) is 0.216. The molecule has 0 radical (unpaired) electrons. The average Bonchev–Trinajstić information content (AvgIpc) is 1.60. The lowest BCUT2D eigenvalue weighted by Crippen LogP contribution is -2.42. The summed E-state index contributed by atoms with van der Waals surface area (Å²) < 4.78 is 49.6. The van der Waals surface area contributed by atoms with E-state index in [1.165, 1.54) is 148 Å². The molecule has 17 aromatic heterocycles. The monoisotopic (exact) mass is 2010 g/mol. The van der Waals surface area contributed by atoms with E-state index in [0.29, 0.717) is 216 Å². The number of hydrogen-bond donors (Lipinski definition) is 5. The Kier molecular flexibility index (Phi) is 25.1. The first kappa shape index (κ1) is 95.1. The molecule has 6 N–H and O–H groups in total. The predicted octanol–water partition coefficient (Wildman–Crippen LogP) is 6.72. The van der Waals surface area contributed by atoms with E-state index in [1.54, 1.807) is 80.9 Å². The van der Waals surface area contributed by atoms with Crippen molar-refractivity contribution >= 4 is 96.3 Å². The molecule has 4 aliphatic heterocycles. The molecule has 0 unspecified atom stereocenters. The number of aromatic amines is 4. The molecule has 21 heterocycles. The van der Waals surface area contributed by atoms with Crippen LogP contribution >= 0.6 is 0 Å². The maximum Gasteiger partial charge on any atom is 0.295 e. The first-order chi connectivity index (χ1) is 72.3. The first-order valence-electron chi connectivity index (χ1n) is 46.2. The minimum Gasteiger partial charge on any atom is -0.494 e. The Bertz CT molecular complexity index is 8520. The lowest BCUT2D eigenvalue weighted by Gasteiger charge is -2.27. The van der Waals surface area contributed by atoms with E-state index in [9.17, 15) is 47.5 Å².